The summed E-state index contributed by atoms with van der Waals surface area (Å²) in [7, 11) is 1.53. The van der Waals surface area contributed by atoms with Crippen LogP contribution in [0, 0.1) is 11.6 Å². The molecular weight excluding hydrogens is 250 g/mol. The van der Waals surface area contributed by atoms with Gasteiger partial charge in [-0.2, -0.15) is 0 Å². The van der Waals surface area contributed by atoms with Crippen LogP contribution in [0.15, 0.2) is 42.5 Å². The van der Waals surface area contributed by atoms with Gasteiger partial charge >= 0.3 is 0 Å². The minimum atomic E-state index is -1.22. The first-order valence-corrected chi connectivity index (χ1v) is 5.83. The van der Waals surface area contributed by atoms with Crippen LogP contribution in [0.3, 0.4) is 0 Å². The molecule has 0 aliphatic rings. The zero-order valence-corrected chi connectivity index (χ0v) is 10.4. The maximum absolute atomic E-state index is 13.7. The maximum Gasteiger partial charge on any atom is 0.129 e. The number of methoxy groups -OCH3 is 1. The molecule has 0 heterocycles. The summed E-state index contributed by atoms with van der Waals surface area (Å²) in [5.41, 5.74) is 1.17. The predicted octanol–water partition coefficient (Wildman–Crippen LogP) is 3.19. The van der Waals surface area contributed by atoms with Crippen molar-refractivity contribution in [2.24, 2.45) is 0 Å². The number of hydrogen-bond donors (Lipinski definition) is 1. The summed E-state index contributed by atoms with van der Waals surface area (Å²) in [4.78, 5) is 0. The third-order valence-corrected chi connectivity index (χ3v) is 2.90. The smallest absolute Gasteiger partial charge is 0.129 e. The van der Waals surface area contributed by atoms with Gasteiger partial charge in [0, 0.05) is 12.7 Å². The van der Waals surface area contributed by atoms with Crippen LogP contribution in [-0.2, 0) is 11.3 Å². The summed E-state index contributed by atoms with van der Waals surface area (Å²) in [6.07, 6.45) is -1.22. The maximum atomic E-state index is 13.7. The van der Waals surface area contributed by atoms with Gasteiger partial charge < -0.3 is 9.84 Å². The van der Waals surface area contributed by atoms with Crippen LogP contribution in [-0.4, -0.2) is 12.2 Å². The monoisotopic (exact) mass is 264 g/mol. The molecule has 0 aliphatic heterocycles. The van der Waals surface area contributed by atoms with E-state index in [9.17, 15) is 13.9 Å². The lowest BCUT2D eigenvalue weighted by atomic mass is 9.96. The van der Waals surface area contributed by atoms with Gasteiger partial charge in [0.05, 0.1) is 6.61 Å². The van der Waals surface area contributed by atoms with Crippen molar-refractivity contribution < 1.29 is 18.6 Å². The molecule has 0 radical (unpaired) electrons. The Labute approximate surface area is 110 Å². The van der Waals surface area contributed by atoms with Crippen LogP contribution in [0.1, 0.15) is 22.8 Å². The van der Waals surface area contributed by atoms with Gasteiger partial charge in [-0.15, -0.1) is 0 Å². The van der Waals surface area contributed by atoms with Crippen molar-refractivity contribution in [3.05, 3.63) is 70.8 Å². The lowest BCUT2D eigenvalue weighted by Crippen LogP contribution is -2.07. The molecule has 2 nitrogen and oxygen atoms in total. The molecule has 0 aromatic heterocycles. The second-order valence-corrected chi connectivity index (χ2v) is 4.20. The Hall–Kier alpha value is -1.78. The Morgan fingerprint density at radius 1 is 1.11 bits per heavy atom. The van der Waals surface area contributed by atoms with E-state index in [0.717, 1.165) is 23.8 Å². The molecule has 0 saturated heterocycles. The Morgan fingerprint density at radius 3 is 2.58 bits per heavy atom. The zero-order valence-electron chi connectivity index (χ0n) is 10.4. The van der Waals surface area contributed by atoms with Crippen LogP contribution >= 0.6 is 0 Å². The van der Waals surface area contributed by atoms with Crippen LogP contribution in [0.4, 0.5) is 8.78 Å². The van der Waals surface area contributed by atoms with E-state index in [2.05, 4.69) is 0 Å². The highest BCUT2D eigenvalue weighted by Gasteiger charge is 2.18. The fraction of sp³-hybridized carbons (Fsp3) is 0.200. The summed E-state index contributed by atoms with van der Waals surface area (Å²) in [6.45, 7) is 0.296. The van der Waals surface area contributed by atoms with Crippen molar-refractivity contribution in [1.82, 2.24) is 0 Å². The van der Waals surface area contributed by atoms with Crippen LogP contribution < -0.4 is 0 Å². The summed E-state index contributed by atoms with van der Waals surface area (Å²) in [6, 6.07) is 10.0. The minimum Gasteiger partial charge on any atom is -0.384 e. The predicted molar refractivity (Wildman–Crippen MR) is 67.6 cm³/mol. The number of aliphatic hydroxyl groups excluding tert-OH is 1. The van der Waals surface area contributed by atoms with Gasteiger partial charge in [-0.25, -0.2) is 8.78 Å². The molecule has 0 amide bonds. The Bertz CT molecular complexity index is 570. The lowest BCUT2D eigenvalue weighted by Gasteiger charge is -2.16. The third kappa shape index (κ3) is 2.97. The molecule has 100 valence electrons. The highest BCUT2D eigenvalue weighted by Crippen LogP contribution is 2.27. The summed E-state index contributed by atoms with van der Waals surface area (Å²) in [5, 5.41) is 10.2. The van der Waals surface area contributed by atoms with Gasteiger partial charge in [-0.3, -0.25) is 0 Å². The van der Waals surface area contributed by atoms with Gasteiger partial charge in [0.15, 0.2) is 0 Å². The molecule has 0 saturated carbocycles. The zero-order chi connectivity index (χ0) is 13.8. The first-order chi connectivity index (χ1) is 9.13. The molecule has 2 aromatic carbocycles. The molecule has 1 N–H and O–H groups in total. The second kappa shape index (κ2) is 5.91. The van der Waals surface area contributed by atoms with Crippen molar-refractivity contribution in [1.29, 1.82) is 0 Å². The van der Waals surface area contributed by atoms with Gasteiger partial charge in [-0.1, -0.05) is 24.3 Å². The standard InChI is InChI=1S/C15H14F2O2/c1-19-9-10-4-2-3-5-12(10)15(18)13-8-11(16)6-7-14(13)17/h2-8,15,18H,9H2,1H3. The molecule has 0 aliphatic carbocycles. The van der Waals surface area contributed by atoms with Gasteiger partial charge in [0.2, 0.25) is 0 Å². The van der Waals surface area contributed by atoms with Gasteiger partial charge in [-0.05, 0) is 29.3 Å². The molecule has 2 aromatic rings. The quantitative estimate of drug-likeness (QED) is 0.919. The number of halogens is 2. The number of ether oxygens (including phenoxy) is 1. The van der Waals surface area contributed by atoms with E-state index < -0.39 is 17.7 Å². The highest BCUT2D eigenvalue weighted by atomic mass is 19.1. The Morgan fingerprint density at radius 2 is 1.84 bits per heavy atom. The lowest BCUT2D eigenvalue weighted by molar-refractivity contribution is 0.175. The molecule has 1 atom stereocenters. The van der Waals surface area contributed by atoms with E-state index in [4.69, 9.17) is 4.74 Å². The van der Waals surface area contributed by atoms with E-state index in [1.165, 1.54) is 7.11 Å². The minimum absolute atomic E-state index is 0.0800. The van der Waals surface area contributed by atoms with E-state index >= 15 is 0 Å². The van der Waals surface area contributed by atoms with E-state index in [-0.39, 0.29) is 5.56 Å². The molecule has 19 heavy (non-hydrogen) atoms. The normalized spacial score (nSPS) is 12.4. The molecule has 0 spiro atoms. The number of aliphatic hydroxyl groups is 1. The Balaban J connectivity index is 2.43. The molecule has 1 unspecified atom stereocenters. The summed E-state index contributed by atoms with van der Waals surface area (Å²) in [5.74, 6) is -1.22. The van der Waals surface area contributed by atoms with Crippen molar-refractivity contribution >= 4 is 0 Å². The van der Waals surface area contributed by atoms with Crippen molar-refractivity contribution in [3.8, 4) is 0 Å². The first-order valence-electron chi connectivity index (χ1n) is 5.83. The molecular formula is C15H14F2O2. The fourth-order valence-electron chi connectivity index (χ4n) is 1.98. The van der Waals surface area contributed by atoms with E-state index in [1.54, 1.807) is 24.3 Å². The SMILES string of the molecule is COCc1ccccc1C(O)c1cc(F)ccc1F. The Kier molecular flexibility index (Phi) is 4.24. The molecule has 2 rings (SSSR count). The van der Waals surface area contributed by atoms with Crippen LogP contribution in [0.2, 0.25) is 0 Å². The first kappa shape index (κ1) is 13.6. The largest absolute Gasteiger partial charge is 0.384 e. The number of rotatable bonds is 4. The van der Waals surface area contributed by atoms with Crippen molar-refractivity contribution in [2.45, 2.75) is 12.7 Å². The third-order valence-electron chi connectivity index (χ3n) is 2.90. The van der Waals surface area contributed by atoms with Gasteiger partial charge in [0.25, 0.3) is 0 Å². The van der Waals surface area contributed by atoms with Crippen molar-refractivity contribution in [3.63, 3.8) is 0 Å². The summed E-state index contributed by atoms with van der Waals surface area (Å²) >= 11 is 0. The average molecular weight is 264 g/mol. The van der Waals surface area contributed by atoms with E-state index in [0.29, 0.717) is 12.2 Å². The highest BCUT2D eigenvalue weighted by molar-refractivity contribution is 5.36. The average Bonchev–Trinajstić information content (AvgIpc) is 2.42. The second-order valence-electron chi connectivity index (χ2n) is 4.20. The molecule has 0 fully saturated rings. The van der Waals surface area contributed by atoms with Crippen LogP contribution in [0.5, 0.6) is 0 Å². The topological polar surface area (TPSA) is 29.5 Å². The summed E-state index contributed by atoms with van der Waals surface area (Å²) < 4.78 is 31.9. The molecule has 0 bridgehead atoms. The van der Waals surface area contributed by atoms with E-state index in [1.807, 2.05) is 0 Å². The fourth-order valence-corrected chi connectivity index (χ4v) is 1.98. The van der Waals surface area contributed by atoms with Crippen molar-refractivity contribution in [2.75, 3.05) is 7.11 Å². The number of hydrogen-bond acceptors (Lipinski definition) is 2. The number of benzene rings is 2. The molecule has 4 heteroatoms. The van der Waals surface area contributed by atoms with Gasteiger partial charge in [0.1, 0.15) is 17.7 Å². The van der Waals surface area contributed by atoms with Crippen LogP contribution in [0.25, 0.3) is 0 Å².